The number of nitrogens with zero attached hydrogens (tertiary/aromatic N) is 4. The molecule has 0 fully saturated rings. The van der Waals surface area contributed by atoms with Gasteiger partial charge in [0, 0.05) is 11.9 Å². The Morgan fingerprint density at radius 3 is 2.38 bits per heavy atom. The molecule has 0 saturated heterocycles. The molecule has 0 atom stereocenters. The van der Waals surface area contributed by atoms with Crippen LogP contribution in [0.5, 0.6) is 0 Å². The molecule has 0 saturated carbocycles. The maximum atomic E-state index is 14.5. The van der Waals surface area contributed by atoms with Gasteiger partial charge in [0.1, 0.15) is 11.2 Å². The minimum absolute atomic E-state index is 0.0104. The first-order valence-corrected chi connectivity index (χ1v) is 8.80. The molecule has 0 bridgehead atoms. The molecule has 2 heterocycles. The van der Waals surface area contributed by atoms with Gasteiger partial charge in [-0.2, -0.15) is 31.4 Å². The molecule has 0 aliphatic rings. The summed E-state index contributed by atoms with van der Waals surface area (Å²) in [6.07, 6.45) is -8.71. The Balaban J connectivity index is 2.30. The van der Waals surface area contributed by atoms with Crippen molar-refractivity contribution in [2.45, 2.75) is 24.2 Å². The number of alkyl halides is 6. The Morgan fingerprint density at radius 1 is 1.14 bits per heavy atom. The van der Waals surface area contributed by atoms with Crippen molar-refractivity contribution in [2.24, 2.45) is 7.05 Å². The highest BCUT2D eigenvalue weighted by atomic mass is 32.2. The van der Waals surface area contributed by atoms with E-state index in [2.05, 4.69) is 10.1 Å². The summed E-state index contributed by atoms with van der Waals surface area (Å²) in [5.41, 5.74) is -2.38. The van der Waals surface area contributed by atoms with Crippen molar-refractivity contribution < 1.29 is 30.7 Å². The van der Waals surface area contributed by atoms with E-state index >= 15 is 0 Å². The minimum Gasteiger partial charge on any atom is -0.268 e. The first kappa shape index (κ1) is 21.1. The van der Waals surface area contributed by atoms with Gasteiger partial charge in [0.05, 0.1) is 17.6 Å². The van der Waals surface area contributed by atoms with E-state index in [-0.39, 0.29) is 37.8 Å². The first-order chi connectivity index (χ1) is 13.3. The standard InChI is InChI=1S/C16H11F7N4OS/c1-7-3-9(17)10(4-11(7)29-6-15(18,19)20)27-13(28)8-5-24-26(2)12(8)25-14(27)16(21,22)23/h3-5H,6H2,1-2H3. The Kier molecular flexibility index (Phi) is 5.13. The number of rotatable bonds is 3. The predicted octanol–water partition coefficient (Wildman–Crippen LogP) is 4.24. The van der Waals surface area contributed by atoms with Gasteiger partial charge in [0.2, 0.25) is 5.82 Å². The fraction of sp³-hybridized carbons (Fsp3) is 0.312. The zero-order valence-electron chi connectivity index (χ0n) is 14.7. The summed E-state index contributed by atoms with van der Waals surface area (Å²) in [6.45, 7) is 1.31. The second kappa shape index (κ2) is 7.04. The second-order valence-electron chi connectivity index (χ2n) is 6.05. The van der Waals surface area contributed by atoms with E-state index in [1.807, 2.05) is 0 Å². The molecule has 3 rings (SSSR count). The predicted molar refractivity (Wildman–Crippen MR) is 90.6 cm³/mol. The van der Waals surface area contributed by atoms with Gasteiger partial charge in [-0.05, 0) is 24.6 Å². The van der Waals surface area contributed by atoms with Gasteiger partial charge in [-0.3, -0.25) is 14.0 Å². The van der Waals surface area contributed by atoms with Gasteiger partial charge >= 0.3 is 12.4 Å². The first-order valence-electron chi connectivity index (χ1n) is 7.81. The molecule has 0 unspecified atom stereocenters. The van der Waals surface area contributed by atoms with E-state index in [0.29, 0.717) is 0 Å². The summed E-state index contributed by atoms with van der Waals surface area (Å²) < 4.78 is 93.8. The third kappa shape index (κ3) is 4.09. The van der Waals surface area contributed by atoms with Crippen LogP contribution in [0.2, 0.25) is 0 Å². The topological polar surface area (TPSA) is 52.7 Å². The summed E-state index contributed by atoms with van der Waals surface area (Å²) in [4.78, 5) is 16.0. The summed E-state index contributed by atoms with van der Waals surface area (Å²) in [6, 6.07) is 1.55. The number of fused-ring (bicyclic) bond motifs is 1. The van der Waals surface area contributed by atoms with Crippen molar-refractivity contribution in [3.05, 3.63) is 45.9 Å². The van der Waals surface area contributed by atoms with Gasteiger partial charge in [0.15, 0.2) is 5.65 Å². The quantitative estimate of drug-likeness (QED) is 0.452. The molecule has 29 heavy (non-hydrogen) atoms. The minimum atomic E-state index is -5.14. The molecule has 0 amide bonds. The number of halogens is 7. The fourth-order valence-corrected chi connectivity index (χ4v) is 3.42. The van der Waals surface area contributed by atoms with Gasteiger partial charge in [-0.1, -0.05) is 0 Å². The van der Waals surface area contributed by atoms with Gasteiger partial charge in [-0.15, -0.1) is 11.8 Å². The van der Waals surface area contributed by atoms with E-state index in [1.54, 1.807) is 0 Å². The lowest BCUT2D eigenvalue weighted by molar-refractivity contribution is -0.146. The zero-order chi connectivity index (χ0) is 21.7. The highest BCUT2D eigenvalue weighted by molar-refractivity contribution is 7.99. The normalized spacial score (nSPS) is 12.7. The Morgan fingerprint density at radius 2 is 1.79 bits per heavy atom. The van der Waals surface area contributed by atoms with Crippen LogP contribution in [0, 0.1) is 12.7 Å². The Bertz CT molecular complexity index is 1150. The van der Waals surface area contributed by atoms with E-state index in [9.17, 15) is 35.5 Å². The third-order valence-electron chi connectivity index (χ3n) is 3.89. The number of benzene rings is 1. The number of aryl methyl sites for hydroxylation is 2. The van der Waals surface area contributed by atoms with Crippen molar-refractivity contribution in [3.8, 4) is 5.69 Å². The molecule has 13 heteroatoms. The molecule has 2 aromatic heterocycles. The molecule has 1 aromatic carbocycles. The van der Waals surface area contributed by atoms with E-state index in [4.69, 9.17) is 0 Å². The molecular weight excluding hydrogens is 429 g/mol. The summed E-state index contributed by atoms with van der Waals surface area (Å²) in [5, 5.41) is 3.37. The lowest BCUT2D eigenvalue weighted by atomic mass is 10.2. The molecular formula is C16H11F7N4OS. The number of thioether (sulfide) groups is 1. The van der Waals surface area contributed by atoms with Crippen molar-refractivity contribution in [1.82, 2.24) is 19.3 Å². The van der Waals surface area contributed by atoms with Gasteiger partial charge in [-0.25, -0.2) is 9.37 Å². The molecule has 0 aliphatic heterocycles. The fourth-order valence-electron chi connectivity index (χ4n) is 2.62. The van der Waals surface area contributed by atoms with Gasteiger partial charge in [0.25, 0.3) is 5.56 Å². The van der Waals surface area contributed by atoms with Crippen LogP contribution in [0.3, 0.4) is 0 Å². The van der Waals surface area contributed by atoms with Crippen LogP contribution in [0.4, 0.5) is 30.7 Å². The van der Waals surface area contributed by atoms with Crippen molar-refractivity contribution in [1.29, 1.82) is 0 Å². The molecule has 5 nitrogen and oxygen atoms in total. The summed E-state index contributed by atoms with van der Waals surface area (Å²) in [7, 11) is 1.28. The average molecular weight is 440 g/mol. The highest BCUT2D eigenvalue weighted by Gasteiger charge is 2.39. The maximum Gasteiger partial charge on any atom is 0.450 e. The zero-order valence-corrected chi connectivity index (χ0v) is 15.5. The molecule has 0 radical (unpaired) electrons. The van der Waals surface area contributed by atoms with E-state index < -0.39 is 41.0 Å². The van der Waals surface area contributed by atoms with Crippen LogP contribution < -0.4 is 5.56 Å². The van der Waals surface area contributed by atoms with Crippen LogP contribution in [0.1, 0.15) is 11.4 Å². The van der Waals surface area contributed by atoms with Crippen LogP contribution >= 0.6 is 11.8 Å². The molecule has 0 aliphatic carbocycles. The summed E-state index contributed by atoms with van der Waals surface area (Å²) in [5.74, 6) is -4.26. The van der Waals surface area contributed by atoms with Crippen LogP contribution in [-0.2, 0) is 13.2 Å². The molecule has 0 spiro atoms. The summed E-state index contributed by atoms with van der Waals surface area (Å²) >= 11 is 0.273. The smallest absolute Gasteiger partial charge is 0.268 e. The largest absolute Gasteiger partial charge is 0.450 e. The lowest BCUT2D eigenvalue weighted by Gasteiger charge is -2.17. The van der Waals surface area contributed by atoms with Crippen molar-refractivity contribution in [2.75, 3.05) is 5.75 Å². The van der Waals surface area contributed by atoms with Gasteiger partial charge < -0.3 is 0 Å². The average Bonchev–Trinajstić information content (AvgIpc) is 2.94. The Labute approximate surface area is 162 Å². The number of hydrogen-bond donors (Lipinski definition) is 0. The van der Waals surface area contributed by atoms with Crippen LogP contribution in [-0.4, -0.2) is 31.3 Å². The SMILES string of the molecule is Cc1cc(F)c(-n2c(C(F)(F)F)nc3c(cnn3C)c2=O)cc1SCC(F)(F)F. The third-order valence-corrected chi connectivity index (χ3v) is 5.12. The highest BCUT2D eigenvalue weighted by Crippen LogP contribution is 2.34. The van der Waals surface area contributed by atoms with Crippen molar-refractivity contribution >= 4 is 22.8 Å². The van der Waals surface area contributed by atoms with E-state index in [1.165, 1.54) is 14.0 Å². The van der Waals surface area contributed by atoms with E-state index in [0.717, 1.165) is 23.0 Å². The van der Waals surface area contributed by atoms with Crippen LogP contribution in [0.15, 0.2) is 28.0 Å². The Hall–Kier alpha value is -2.57. The molecule has 0 N–H and O–H groups in total. The number of hydrogen-bond acceptors (Lipinski definition) is 4. The molecule has 3 aromatic rings. The molecule has 156 valence electrons. The lowest BCUT2D eigenvalue weighted by Crippen LogP contribution is -2.29. The van der Waals surface area contributed by atoms with Crippen molar-refractivity contribution in [3.63, 3.8) is 0 Å². The second-order valence-corrected chi connectivity index (χ2v) is 7.07. The maximum absolute atomic E-state index is 14.5. The number of aromatic nitrogens is 4. The van der Waals surface area contributed by atoms with Crippen LogP contribution in [0.25, 0.3) is 16.7 Å². The monoisotopic (exact) mass is 440 g/mol.